The molecule has 1 aromatic rings. The fourth-order valence-corrected chi connectivity index (χ4v) is 2.39. The Balaban J connectivity index is 2.48. The maximum absolute atomic E-state index is 11.6. The molecule has 0 spiro atoms. The highest BCUT2D eigenvalue weighted by Gasteiger charge is 2.15. The summed E-state index contributed by atoms with van der Waals surface area (Å²) in [5.41, 5.74) is 0.438. The molecule has 0 aliphatic rings. The van der Waals surface area contributed by atoms with Crippen LogP contribution in [0, 0.1) is 12.8 Å². The summed E-state index contributed by atoms with van der Waals surface area (Å²) < 4.78 is 4.96. The number of rotatable bonds is 7. The molecule has 0 bridgehead atoms. The second-order valence-electron chi connectivity index (χ2n) is 4.61. The lowest BCUT2D eigenvalue weighted by atomic mass is 10.1. The van der Waals surface area contributed by atoms with E-state index in [0.717, 1.165) is 28.9 Å². The fraction of sp³-hybridized carbons (Fsp3) is 0.692. The number of esters is 1. The SMILES string of the molecule is CCOC(=O)c1nc(NCCCC(C)C)sc1C. The predicted octanol–water partition coefficient (Wildman–Crippen LogP) is 3.48. The van der Waals surface area contributed by atoms with Gasteiger partial charge in [0.25, 0.3) is 0 Å². The third-order valence-electron chi connectivity index (χ3n) is 2.50. The number of carbonyl (C=O) groups is 1. The van der Waals surface area contributed by atoms with Gasteiger partial charge in [-0.05, 0) is 32.6 Å². The van der Waals surface area contributed by atoms with Gasteiger partial charge in [-0.3, -0.25) is 0 Å². The van der Waals surface area contributed by atoms with Gasteiger partial charge in [0, 0.05) is 11.4 Å². The van der Waals surface area contributed by atoms with Crippen molar-refractivity contribution in [3.63, 3.8) is 0 Å². The first-order valence-corrected chi connectivity index (χ1v) is 7.24. The van der Waals surface area contributed by atoms with Crippen LogP contribution in [0.2, 0.25) is 0 Å². The number of ether oxygens (including phenoxy) is 1. The molecule has 0 radical (unpaired) electrons. The van der Waals surface area contributed by atoms with Crippen molar-refractivity contribution in [2.45, 2.75) is 40.5 Å². The van der Waals surface area contributed by atoms with Crippen LogP contribution < -0.4 is 5.32 Å². The van der Waals surface area contributed by atoms with Crippen molar-refractivity contribution >= 4 is 22.4 Å². The molecule has 4 nitrogen and oxygen atoms in total. The molecule has 18 heavy (non-hydrogen) atoms. The van der Waals surface area contributed by atoms with E-state index >= 15 is 0 Å². The standard InChI is InChI=1S/C13H22N2O2S/c1-5-17-12(16)11-10(4)18-13(15-11)14-8-6-7-9(2)3/h9H,5-8H2,1-4H3,(H,14,15). The van der Waals surface area contributed by atoms with Crippen LogP contribution in [0.25, 0.3) is 0 Å². The molecule has 0 saturated heterocycles. The Morgan fingerprint density at radius 3 is 2.83 bits per heavy atom. The number of anilines is 1. The van der Waals surface area contributed by atoms with Gasteiger partial charge in [0.2, 0.25) is 0 Å². The molecule has 5 heteroatoms. The van der Waals surface area contributed by atoms with E-state index in [0.29, 0.717) is 12.3 Å². The zero-order chi connectivity index (χ0) is 13.5. The Labute approximate surface area is 113 Å². The van der Waals surface area contributed by atoms with Gasteiger partial charge in [-0.15, -0.1) is 11.3 Å². The largest absolute Gasteiger partial charge is 0.461 e. The summed E-state index contributed by atoms with van der Waals surface area (Å²) in [4.78, 5) is 16.8. The number of hydrogen-bond donors (Lipinski definition) is 1. The van der Waals surface area contributed by atoms with Crippen LogP contribution in [0.1, 0.15) is 49.0 Å². The molecule has 1 N–H and O–H groups in total. The molecule has 0 amide bonds. The molecule has 1 heterocycles. The molecule has 1 aromatic heterocycles. The minimum atomic E-state index is -0.332. The summed E-state index contributed by atoms with van der Waals surface area (Å²) in [6.45, 7) is 9.40. The number of aromatic nitrogens is 1. The summed E-state index contributed by atoms with van der Waals surface area (Å²) >= 11 is 1.50. The maximum Gasteiger partial charge on any atom is 0.358 e. The Bertz CT molecular complexity index is 388. The van der Waals surface area contributed by atoms with Gasteiger partial charge < -0.3 is 10.1 Å². The number of nitrogens with one attached hydrogen (secondary N) is 1. The molecule has 0 unspecified atom stereocenters. The van der Waals surface area contributed by atoms with E-state index in [9.17, 15) is 4.79 Å². The monoisotopic (exact) mass is 270 g/mol. The van der Waals surface area contributed by atoms with Crippen molar-refractivity contribution in [1.82, 2.24) is 4.98 Å². The van der Waals surface area contributed by atoms with Gasteiger partial charge in [-0.1, -0.05) is 13.8 Å². The Morgan fingerprint density at radius 1 is 1.50 bits per heavy atom. The summed E-state index contributed by atoms with van der Waals surface area (Å²) in [6, 6.07) is 0. The van der Waals surface area contributed by atoms with E-state index in [1.807, 2.05) is 6.92 Å². The Kier molecular flexibility index (Phi) is 6.12. The molecule has 0 atom stereocenters. The first-order valence-electron chi connectivity index (χ1n) is 6.43. The fourth-order valence-electron chi connectivity index (χ4n) is 1.57. The third kappa shape index (κ3) is 4.64. The van der Waals surface area contributed by atoms with Crippen LogP contribution in [-0.4, -0.2) is 24.1 Å². The number of nitrogens with zero attached hydrogens (tertiary/aromatic N) is 1. The normalized spacial score (nSPS) is 10.7. The first kappa shape index (κ1) is 15.0. The second kappa shape index (κ2) is 7.36. The zero-order valence-corrected chi connectivity index (χ0v) is 12.4. The zero-order valence-electron chi connectivity index (χ0n) is 11.6. The first-order chi connectivity index (χ1) is 8.54. The average Bonchev–Trinajstić information content (AvgIpc) is 2.66. The minimum Gasteiger partial charge on any atom is -0.461 e. The van der Waals surface area contributed by atoms with Gasteiger partial charge in [-0.2, -0.15) is 0 Å². The van der Waals surface area contributed by atoms with Gasteiger partial charge in [0.05, 0.1) is 6.61 Å². The van der Waals surface area contributed by atoms with E-state index in [2.05, 4.69) is 24.1 Å². The molecular weight excluding hydrogens is 248 g/mol. The van der Waals surface area contributed by atoms with Crippen LogP contribution >= 0.6 is 11.3 Å². The molecule has 0 aromatic carbocycles. The van der Waals surface area contributed by atoms with Gasteiger partial charge in [0.15, 0.2) is 10.8 Å². The molecule has 1 rings (SSSR count). The smallest absolute Gasteiger partial charge is 0.358 e. The third-order valence-corrected chi connectivity index (χ3v) is 3.43. The molecule has 0 aliphatic carbocycles. The van der Waals surface area contributed by atoms with Gasteiger partial charge in [0.1, 0.15) is 0 Å². The number of carbonyl (C=O) groups excluding carboxylic acids is 1. The molecule has 0 saturated carbocycles. The summed E-state index contributed by atoms with van der Waals surface area (Å²) in [5, 5.41) is 4.06. The van der Waals surface area contributed by atoms with E-state index < -0.39 is 0 Å². The van der Waals surface area contributed by atoms with Crippen LogP contribution in [0.4, 0.5) is 5.13 Å². The van der Waals surface area contributed by atoms with Crippen molar-refractivity contribution < 1.29 is 9.53 Å². The van der Waals surface area contributed by atoms with Crippen LogP contribution in [-0.2, 0) is 4.74 Å². The molecule has 0 fully saturated rings. The predicted molar refractivity (Wildman–Crippen MR) is 75.4 cm³/mol. The highest BCUT2D eigenvalue weighted by Crippen LogP contribution is 2.22. The van der Waals surface area contributed by atoms with E-state index in [1.165, 1.54) is 17.8 Å². The second-order valence-corrected chi connectivity index (χ2v) is 5.81. The van der Waals surface area contributed by atoms with Crippen molar-refractivity contribution in [2.24, 2.45) is 5.92 Å². The minimum absolute atomic E-state index is 0.332. The lowest BCUT2D eigenvalue weighted by Gasteiger charge is -2.04. The van der Waals surface area contributed by atoms with Gasteiger partial charge >= 0.3 is 5.97 Å². The van der Waals surface area contributed by atoms with Crippen molar-refractivity contribution in [3.05, 3.63) is 10.6 Å². The number of thiazole rings is 1. The van der Waals surface area contributed by atoms with Crippen molar-refractivity contribution in [3.8, 4) is 0 Å². The highest BCUT2D eigenvalue weighted by atomic mass is 32.1. The number of hydrogen-bond acceptors (Lipinski definition) is 5. The maximum atomic E-state index is 11.6. The summed E-state index contributed by atoms with van der Waals surface area (Å²) in [7, 11) is 0. The van der Waals surface area contributed by atoms with Crippen molar-refractivity contribution in [1.29, 1.82) is 0 Å². The van der Waals surface area contributed by atoms with Crippen LogP contribution in [0.5, 0.6) is 0 Å². The Hall–Kier alpha value is -1.10. The van der Waals surface area contributed by atoms with E-state index in [-0.39, 0.29) is 5.97 Å². The van der Waals surface area contributed by atoms with E-state index in [4.69, 9.17) is 4.74 Å². The quantitative estimate of drug-likeness (QED) is 0.609. The van der Waals surface area contributed by atoms with E-state index in [1.54, 1.807) is 6.92 Å². The molecular formula is C13H22N2O2S. The summed E-state index contributed by atoms with van der Waals surface area (Å²) in [5.74, 6) is 0.390. The van der Waals surface area contributed by atoms with Crippen molar-refractivity contribution in [2.75, 3.05) is 18.5 Å². The van der Waals surface area contributed by atoms with Crippen LogP contribution in [0.15, 0.2) is 0 Å². The topological polar surface area (TPSA) is 51.2 Å². The number of aryl methyl sites for hydroxylation is 1. The lowest BCUT2D eigenvalue weighted by Crippen LogP contribution is -2.07. The molecule has 102 valence electrons. The van der Waals surface area contributed by atoms with Crippen LogP contribution in [0.3, 0.4) is 0 Å². The van der Waals surface area contributed by atoms with Gasteiger partial charge in [-0.25, -0.2) is 9.78 Å². The summed E-state index contributed by atoms with van der Waals surface area (Å²) in [6.07, 6.45) is 2.31. The molecule has 0 aliphatic heterocycles. The highest BCUT2D eigenvalue weighted by molar-refractivity contribution is 7.15. The lowest BCUT2D eigenvalue weighted by molar-refractivity contribution is 0.0519. The average molecular weight is 270 g/mol. The Morgan fingerprint density at radius 2 is 2.22 bits per heavy atom.